The molecule has 5 nitrogen and oxygen atoms in total. The van der Waals surface area contributed by atoms with Gasteiger partial charge in [-0.15, -0.1) is 23.7 Å². The molecule has 34 heavy (non-hydrogen) atoms. The molecular weight excluding hydrogens is 512 g/mol. The molecule has 0 saturated heterocycles. The number of methoxy groups -OCH3 is 1. The van der Waals surface area contributed by atoms with Gasteiger partial charge in [0.2, 0.25) is 0 Å². The number of hydrogen-bond donors (Lipinski definition) is 1. The first-order valence-electron chi connectivity index (χ1n) is 11.1. The quantitative estimate of drug-likeness (QED) is 0.195. The fourth-order valence-electron chi connectivity index (χ4n) is 3.89. The number of nitrogens with zero attached hydrogens (tertiary/aromatic N) is 1. The topological polar surface area (TPSA) is 59.9 Å². The number of thiophene rings is 1. The van der Waals surface area contributed by atoms with E-state index in [0.29, 0.717) is 30.1 Å². The van der Waals surface area contributed by atoms with E-state index in [2.05, 4.69) is 27.2 Å². The van der Waals surface area contributed by atoms with E-state index in [1.54, 1.807) is 24.7 Å². The number of fused-ring (bicyclic) bond motifs is 1. The minimum atomic E-state index is -0.117. The van der Waals surface area contributed by atoms with Gasteiger partial charge in [0.1, 0.15) is 5.00 Å². The summed E-state index contributed by atoms with van der Waals surface area (Å²) in [6.07, 6.45) is 11.7. The van der Waals surface area contributed by atoms with Crippen molar-refractivity contribution in [3.8, 4) is 23.8 Å². The monoisotopic (exact) mass is 536 g/mol. The number of rotatable bonds is 8. The number of aliphatic imine (C=N–C) groups is 1. The number of terminal acetylenes is 1. The molecule has 0 spiro atoms. The highest BCUT2D eigenvalue weighted by atomic mass is 79.9. The average Bonchev–Trinajstić information content (AvgIpc) is 3.23. The van der Waals surface area contributed by atoms with Crippen LogP contribution < -0.4 is 14.8 Å². The smallest absolute Gasteiger partial charge is 0.259 e. The molecule has 3 aromatic rings. The van der Waals surface area contributed by atoms with Crippen molar-refractivity contribution in [1.29, 1.82) is 0 Å². The molecule has 0 saturated carbocycles. The Hall–Kier alpha value is -3.08. The van der Waals surface area contributed by atoms with Crippen molar-refractivity contribution in [2.45, 2.75) is 32.1 Å². The van der Waals surface area contributed by atoms with Gasteiger partial charge in [-0.05, 0) is 77.0 Å². The summed E-state index contributed by atoms with van der Waals surface area (Å²) < 4.78 is 12.0. The number of benzene rings is 2. The Bertz CT molecular complexity index is 1240. The number of para-hydroxylation sites is 1. The maximum absolute atomic E-state index is 13.3. The van der Waals surface area contributed by atoms with Crippen LogP contribution in [-0.4, -0.2) is 25.8 Å². The highest BCUT2D eigenvalue weighted by molar-refractivity contribution is 9.10. The summed E-state index contributed by atoms with van der Waals surface area (Å²) in [6, 6.07) is 13.3. The van der Waals surface area contributed by atoms with Crippen molar-refractivity contribution in [1.82, 2.24) is 0 Å². The minimum Gasteiger partial charge on any atom is -0.493 e. The Morgan fingerprint density at radius 2 is 2.06 bits per heavy atom. The van der Waals surface area contributed by atoms with Crippen molar-refractivity contribution in [2.24, 2.45) is 4.99 Å². The van der Waals surface area contributed by atoms with Gasteiger partial charge in [0.05, 0.1) is 23.8 Å². The first-order valence-corrected chi connectivity index (χ1v) is 12.7. The standard InChI is InChI=1S/C27H25BrN2O3S/c1-3-4-14-33-25-21(28)15-18(16-22(25)32-2)17-29-27-24(20-12-8-9-13-23(20)34-27)26(31)30-19-10-6-5-7-11-19/h1,5-7,10-11,15-17H,4,8-9,12-14H2,2H3,(H,30,31)/b29-17+. The van der Waals surface area contributed by atoms with E-state index < -0.39 is 0 Å². The molecule has 1 aliphatic carbocycles. The molecule has 0 aliphatic heterocycles. The number of hydrogen-bond acceptors (Lipinski definition) is 5. The third kappa shape index (κ3) is 5.52. The van der Waals surface area contributed by atoms with Gasteiger partial charge in [-0.1, -0.05) is 18.2 Å². The van der Waals surface area contributed by atoms with E-state index in [9.17, 15) is 4.79 Å². The molecule has 2 aromatic carbocycles. The Morgan fingerprint density at radius 1 is 1.26 bits per heavy atom. The van der Waals surface area contributed by atoms with Crippen molar-refractivity contribution < 1.29 is 14.3 Å². The third-order valence-electron chi connectivity index (χ3n) is 5.49. The fraction of sp³-hybridized carbons (Fsp3) is 0.259. The molecule has 1 aliphatic rings. The lowest BCUT2D eigenvalue weighted by atomic mass is 9.95. The average molecular weight is 537 g/mol. The van der Waals surface area contributed by atoms with Crippen LogP contribution in [0.4, 0.5) is 10.7 Å². The summed E-state index contributed by atoms with van der Waals surface area (Å²) in [6.45, 7) is 0.402. The molecular formula is C27H25BrN2O3S. The number of anilines is 1. The predicted molar refractivity (Wildman–Crippen MR) is 142 cm³/mol. The summed E-state index contributed by atoms with van der Waals surface area (Å²) in [7, 11) is 1.59. The van der Waals surface area contributed by atoms with Gasteiger partial charge >= 0.3 is 0 Å². The Balaban J connectivity index is 1.64. The number of halogens is 1. The lowest BCUT2D eigenvalue weighted by molar-refractivity contribution is 0.102. The van der Waals surface area contributed by atoms with Crippen LogP contribution in [0.5, 0.6) is 11.5 Å². The number of amides is 1. The molecule has 7 heteroatoms. The zero-order valence-corrected chi connectivity index (χ0v) is 21.3. The Morgan fingerprint density at radius 3 is 2.82 bits per heavy atom. The van der Waals surface area contributed by atoms with E-state index in [1.807, 2.05) is 42.5 Å². The molecule has 1 amide bonds. The highest BCUT2D eigenvalue weighted by Gasteiger charge is 2.25. The summed E-state index contributed by atoms with van der Waals surface area (Å²) in [5.41, 5.74) is 3.41. The first kappa shape index (κ1) is 24.1. The lowest BCUT2D eigenvalue weighted by Crippen LogP contribution is -2.14. The van der Waals surface area contributed by atoms with Gasteiger partial charge in [0.15, 0.2) is 11.5 Å². The molecule has 0 bridgehead atoms. The number of carbonyl (C=O) groups is 1. The van der Waals surface area contributed by atoms with E-state index in [-0.39, 0.29) is 5.91 Å². The summed E-state index contributed by atoms with van der Waals surface area (Å²) >= 11 is 5.16. The molecule has 1 N–H and O–H groups in total. The van der Waals surface area contributed by atoms with Crippen LogP contribution in [0.2, 0.25) is 0 Å². The van der Waals surface area contributed by atoms with Crippen molar-refractivity contribution in [2.75, 3.05) is 19.0 Å². The van der Waals surface area contributed by atoms with Crippen LogP contribution in [0.3, 0.4) is 0 Å². The zero-order chi connectivity index (χ0) is 23.9. The van der Waals surface area contributed by atoms with E-state index in [1.165, 1.54) is 4.88 Å². The summed E-state index contributed by atoms with van der Waals surface area (Å²) in [5, 5.41) is 3.75. The SMILES string of the molecule is C#CCCOc1c(Br)cc(/C=N/c2sc3c(c2C(=O)Nc2ccccc2)CCCC3)cc1OC. The second-order valence-corrected chi connectivity index (χ2v) is 9.74. The van der Waals surface area contributed by atoms with Gasteiger partial charge in [0, 0.05) is 23.2 Å². The van der Waals surface area contributed by atoms with Crippen LogP contribution in [0.25, 0.3) is 0 Å². The van der Waals surface area contributed by atoms with E-state index in [4.69, 9.17) is 20.9 Å². The van der Waals surface area contributed by atoms with Crippen LogP contribution in [0, 0.1) is 12.3 Å². The van der Waals surface area contributed by atoms with Gasteiger partial charge in [0.25, 0.3) is 5.91 Å². The Labute approximate surface area is 212 Å². The maximum atomic E-state index is 13.3. The highest BCUT2D eigenvalue weighted by Crippen LogP contribution is 2.41. The van der Waals surface area contributed by atoms with Crippen LogP contribution in [0.15, 0.2) is 51.9 Å². The second kappa shape index (κ2) is 11.4. The molecule has 0 fully saturated rings. The molecule has 0 radical (unpaired) electrons. The Kier molecular flexibility index (Phi) is 8.04. The molecule has 1 heterocycles. The third-order valence-corrected chi connectivity index (χ3v) is 7.28. The fourth-order valence-corrected chi connectivity index (χ4v) is 5.70. The molecule has 4 rings (SSSR count). The van der Waals surface area contributed by atoms with Crippen molar-refractivity contribution >= 4 is 50.1 Å². The summed E-state index contributed by atoms with van der Waals surface area (Å²) in [4.78, 5) is 19.3. The van der Waals surface area contributed by atoms with Crippen LogP contribution in [0.1, 0.15) is 45.6 Å². The normalized spacial score (nSPS) is 12.7. The first-order chi connectivity index (χ1) is 16.6. The second-order valence-electron chi connectivity index (χ2n) is 7.81. The number of aryl methyl sites for hydroxylation is 1. The van der Waals surface area contributed by atoms with Gasteiger partial charge in [-0.25, -0.2) is 4.99 Å². The number of ether oxygens (including phenoxy) is 2. The van der Waals surface area contributed by atoms with E-state index >= 15 is 0 Å². The molecule has 174 valence electrons. The minimum absolute atomic E-state index is 0.117. The van der Waals surface area contributed by atoms with Crippen LogP contribution in [-0.2, 0) is 12.8 Å². The van der Waals surface area contributed by atoms with Gasteiger partial charge in [-0.2, -0.15) is 0 Å². The predicted octanol–water partition coefficient (Wildman–Crippen LogP) is 6.80. The van der Waals surface area contributed by atoms with Crippen LogP contribution >= 0.6 is 27.3 Å². The largest absolute Gasteiger partial charge is 0.493 e. The van der Waals surface area contributed by atoms with Gasteiger partial charge in [-0.3, -0.25) is 4.79 Å². The summed E-state index contributed by atoms with van der Waals surface area (Å²) in [5.74, 6) is 3.63. The maximum Gasteiger partial charge on any atom is 0.259 e. The van der Waals surface area contributed by atoms with Gasteiger partial charge < -0.3 is 14.8 Å². The molecule has 0 atom stereocenters. The molecule has 0 unspecified atom stereocenters. The zero-order valence-electron chi connectivity index (χ0n) is 18.9. The number of nitrogens with one attached hydrogen (secondary N) is 1. The van der Waals surface area contributed by atoms with Crippen molar-refractivity contribution in [3.05, 3.63) is 68.5 Å². The molecule has 1 aromatic heterocycles. The van der Waals surface area contributed by atoms with Crippen molar-refractivity contribution in [3.63, 3.8) is 0 Å². The number of carbonyl (C=O) groups excluding carboxylic acids is 1. The lowest BCUT2D eigenvalue weighted by Gasteiger charge is -2.13. The van der Waals surface area contributed by atoms with E-state index in [0.717, 1.165) is 52.0 Å².